The fraction of sp³-hybridized carbons (Fsp3) is 0.0952. The molecule has 0 aliphatic heterocycles. The van der Waals surface area contributed by atoms with Crippen LogP contribution in [-0.2, 0) is 0 Å². The van der Waals surface area contributed by atoms with Crippen molar-refractivity contribution in [3.05, 3.63) is 70.1 Å². The van der Waals surface area contributed by atoms with Crippen molar-refractivity contribution in [2.45, 2.75) is 11.8 Å². The van der Waals surface area contributed by atoms with Gasteiger partial charge in [-0.25, -0.2) is 0 Å². The highest BCUT2D eigenvalue weighted by Crippen LogP contribution is 2.36. The van der Waals surface area contributed by atoms with Crippen LogP contribution >= 0.6 is 11.8 Å². The topological polar surface area (TPSA) is 82.7 Å². The molecule has 2 aromatic carbocycles. The van der Waals surface area contributed by atoms with E-state index in [0.717, 1.165) is 21.4 Å². The number of H-pyrrole nitrogens is 1. The standard InChI is InChI=1S/C21H15N3O2S/c1-12-9-18(26-24-12)20-19(14-4-6-15(27-2)7-5-14)16-10-13(11-22)3-8-17(16)23-21(20)25/h3-10H,1-2H3,(H,23,25). The first kappa shape index (κ1) is 17.1. The summed E-state index contributed by atoms with van der Waals surface area (Å²) < 4.78 is 5.40. The minimum atomic E-state index is -0.257. The molecule has 0 bridgehead atoms. The summed E-state index contributed by atoms with van der Waals surface area (Å²) >= 11 is 1.65. The van der Waals surface area contributed by atoms with Gasteiger partial charge in [0.05, 0.1) is 22.9 Å². The van der Waals surface area contributed by atoms with Crippen molar-refractivity contribution >= 4 is 22.7 Å². The van der Waals surface area contributed by atoms with E-state index in [4.69, 9.17) is 4.52 Å². The monoisotopic (exact) mass is 373 g/mol. The molecule has 0 saturated carbocycles. The van der Waals surface area contributed by atoms with E-state index in [1.54, 1.807) is 36.0 Å². The molecule has 0 atom stereocenters. The van der Waals surface area contributed by atoms with E-state index in [1.807, 2.05) is 37.4 Å². The van der Waals surface area contributed by atoms with Crippen LogP contribution in [-0.4, -0.2) is 16.4 Å². The lowest BCUT2D eigenvalue weighted by Crippen LogP contribution is -2.11. The van der Waals surface area contributed by atoms with Crippen LogP contribution < -0.4 is 5.56 Å². The normalized spacial score (nSPS) is 10.9. The Morgan fingerprint density at radius 2 is 1.89 bits per heavy atom. The van der Waals surface area contributed by atoms with E-state index in [9.17, 15) is 10.1 Å². The van der Waals surface area contributed by atoms with E-state index in [1.165, 1.54) is 0 Å². The van der Waals surface area contributed by atoms with Crippen LogP contribution in [0.15, 0.2) is 62.7 Å². The summed E-state index contributed by atoms with van der Waals surface area (Å²) in [4.78, 5) is 16.9. The van der Waals surface area contributed by atoms with Crippen LogP contribution in [0.4, 0.5) is 0 Å². The average molecular weight is 373 g/mol. The van der Waals surface area contributed by atoms with Gasteiger partial charge in [0, 0.05) is 27.4 Å². The molecule has 0 radical (unpaired) electrons. The van der Waals surface area contributed by atoms with Crippen LogP contribution in [0.1, 0.15) is 11.3 Å². The van der Waals surface area contributed by atoms with E-state index < -0.39 is 0 Å². The second-order valence-electron chi connectivity index (χ2n) is 6.14. The Labute approximate surface area is 159 Å². The first-order chi connectivity index (χ1) is 13.1. The van der Waals surface area contributed by atoms with Gasteiger partial charge in [-0.15, -0.1) is 11.8 Å². The van der Waals surface area contributed by atoms with Gasteiger partial charge in [-0.05, 0) is 49.1 Å². The summed E-state index contributed by atoms with van der Waals surface area (Å²) in [5, 5.41) is 14.0. The Bertz CT molecular complexity index is 1250. The quantitative estimate of drug-likeness (QED) is 0.524. The number of aromatic amines is 1. The molecular formula is C21H15N3O2S. The molecule has 27 heavy (non-hydrogen) atoms. The number of hydrogen-bond donors (Lipinski definition) is 1. The maximum atomic E-state index is 12.9. The summed E-state index contributed by atoms with van der Waals surface area (Å²) in [5.74, 6) is 0.405. The van der Waals surface area contributed by atoms with Crippen molar-refractivity contribution in [1.82, 2.24) is 10.1 Å². The predicted molar refractivity (Wildman–Crippen MR) is 107 cm³/mol. The number of rotatable bonds is 3. The fourth-order valence-corrected chi connectivity index (χ4v) is 3.54. The number of aromatic nitrogens is 2. The number of benzene rings is 2. The van der Waals surface area contributed by atoms with Gasteiger partial charge in [-0.3, -0.25) is 4.79 Å². The third kappa shape index (κ3) is 3.03. The maximum Gasteiger partial charge on any atom is 0.260 e. The zero-order chi connectivity index (χ0) is 19.0. The van der Waals surface area contributed by atoms with Crippen LogP contribution in [0.5, 0.6) is 0 Å². The summed E-state index contributed by atoms with van der Waals surface area (Å²) in [6.45, 7) is 1.81. The molecule has 0 aliphatic rings. The van der Waals surface area contributed by atoms with Crippen LogP contribution in [0.3, 0.4) is 0 Å². The number of fused-ring (bicyclic) bond motifs is 1. The third-order valence-electron chi connectivity index (χ3n) is 4.40. The molecule has 0 fully saturated rings. The number of pyridine rings is 1. The largest absolute Gasteiger partial charge is 0.356 e. The molecule has 6 heteroatoms. The molecule has 2 heterocycles. The summed E-state index contributed by atoms with van der Waals surface area (Å²) in [6.07, 6.45) is 2.01. The number of nitrogens with zero attached hydrogens (tertiary/aromatic N) is 2. The minimum absolute atomic E-state index is 0.257. The molecule has 1 N–H and O–H groups in total. The Balaban J connectivity index is 2.13. The molecular weight excluding hydrogens is 358 g/mol. The highest BCUT2D eigenvalue weighted by atomic mass is 32.2. The molecule has 4 rings (SSSR count). The van der Waals surface area contributed by atoms with E-state index in [0.29, 0.717) is 28.1 Å². The van der Waals surface area contributed by atoms with E-state index in [-0.39, 0.29) is 5.56 Å². The fourth-order valence-electron chi connectivity index (χ4n) is 3.14. The lowest BCUT2D eigenvalue weighted by molar-refractivity contribution is 0.427. The van der Waals surface area contributed by atoms with Crippen molar-refractivity contribution in [1.29, 1.82) is 5.26 Å². The highest BCUT2D eigenvalue weighted by Gasteiger charge is 2.20. The van der Waals surface area contributed by atoms with Gasteiger partial charge in [-0.2, -0.15) is 5.26 Å². The van der Waals surface area contributed by atoms with Crippen molar-refractivity contribution in [3.8, 4) is 28.5 Å². The predicted octanol–water partition coefficient (Wildman–Crippen LogP) is 4.75. The van der Waals surface area contributed by atoms with Gasteiger partial charge in [0.25, 0.3) is 5.56 Å². The molecule has 132 valence electrons. The summed E-state index contributed by atoms with van der Waals surface area (Å²) in [5.41, 5.74) is 3.65. The second-order valence-corrected chi connectivity index (χ2v) is 7.02. The van der Waals surface area contributed by atoms with Crippen molar-refractivity contribution in [3.63, 3.8) is 0 Å². The minimum Gasteiger partial charge on any atom is -0.356 e. The Morgan fingerprint density at radius 1 is 1.11 bits per heavy atom. The Morgan fingerprint density at radius 3 is 2.52 bits per heavy atom. The molecule has 5 nitrogen and oxygen atoms in total. The van der Waals surface area contributed by atoms with Gasteiger partial charge in [0.2, 0.25) is 0 Å². The van der Waals surface area contributed by atoms with Gasteiger partial charge in [-0.1, -0.05) is 17.3 Å². The Hall–Kier alpha value is -3.30. The molecule has 2 aromatic heterocycles. The number of nitriles is 1. The number of aryl methyl sites for hydroxylation is 1. The van der Waals surface area contributed by atoms with Crippen molar-refractivity contribution in [2.24, 2.45) is 0 Å². The molecule has 0 amide bonds. The van der Waals surface area contributed by atoms with Gasteiger partial charge >= 0.3 is 0 Å². The molecule has 0 aliphatic carbocycles. The van der Waals surface area contributed by atoms with Gasteiger partial charge < -0.3 is 9.51 Å². The third-order valence-corrected chi connectivity index (χ3v) is 5.14. The SMILES string of the molecule is CSc1ccc(-c2c(-c3cc(C)no3)c(=O)[nH]c3ccc(C#N)cc23)cc1. The first-order valence-electron chi connectivity index (χ1n) is 8.29. The van der Waals surface area contributed by atoms with Gasteiger partial charge in [0.1, 0.15) is 0 Å². The molecule has 4 aromatic rings. The highest BCUT2D eigenvalue weighted by molar-refractivity contribution is 7.98. The summed E-state index contributed by atoms with van der Waals surface area (Å²) in [6, 6.07) is 17.1. The molecule has 0 spiro atoms. The number of thioether (sulfide) groups is 1. The van der Waals surface area contributed by atoms with E-state index >= 15 is 0 Å². The smallest absolute Gasteiger partial charge is 0.260 e. The zero-order valence-electron chi connectivity index (χ0n) is 14.7. The van der Waals surface area contributed by atoms with Crippen molar-refractivity contribution in [2.75, 3.05) is 6.26 Å². The average Bonchev–Trinajstić information content (AvgIpc) is 3.12. The maximum absolute atomic E-state index is 12.9. The van der Waals surface area contributed by atoms with Crippen LogP contribution in [0, 0.1) is 18.3 Å². The number of nitrogens with one attached hydrogen (secondary N) is 1. The summed E-state index contributed by atoms with van der Waals surface area (Å²) in [7, 11) is 0. The number of hydrogen-bond acceptors (Lipinski definition) is 5. The Kier molecular flexibility index (Phi) is 4.30. The lowest BCUT2D eigenvalue weighted by Gasteiger charge is -2.12. The van der Waals surface area contributed by atoms with E-state index in [2.05, 4.69) is 16.2 Å². The molecule has 0 saturated heterocycles. The van der Waals surface area contributed by atoms with Crippen LogP contribution in [0.2, 0.25) is 0 Å². The molecule has 0 unspecified atom stereocenters. The second kappa shape index (κ2) is 6.78. The van der Waals surface area contributed by atoms with Crippen molar-refractivity contribution < 1.29 is 4.52 Å². The van der Waals surface area contributed by atoms with Gasteiger partial charge in [0.15, 0.2) is 5.76 Å². The lowest BCUT2D eigenvalue weighted by atomic mass is 9.94. The first-order valence-corrected chi connectivity index (χ1v) is 9.51. The van der Waals surface area contributed by atoms with Crippen LogP contribution in [0.25, 0.3) is 33.4 Å². The zero-order valence-corrected chi connectivity index (χ0v) is 15.6.